The SMILES string of the molecule is Cc1ccc([C@]2(O)c3cc(C)ccc3S[C@@]2(C)n2nnc3ccccc32)cc1. The van der Waals surface area contributed by atoms with E-state index in [4.69, 9.17) is 0 Å². The van der Waals surface area contributed by atoms with Crippen LogP contribution in [-0.2, 0) is 10.5 Å². The predicted molar refractivity (Wildman–Crippen MR) is 112 cm³/mol. The van der Waals surface area contributed by atoms with Crippen molar-refractivity contribution in [2.24, 2.45) is 0 Å². The van der Waals surface area contributed by atoms with Crippen molar-refractivity contribution in [3.63, 3.8) is 0 Å². The van der Waals surface area contributed by atoms with Crippen molar-refractivity contribution in [1.82, 2.24) is 15.0 Å². The summed E-state index contributed by atoms with van der Waals surface area (Å²) in [4.78, 5) is 0.282. The molecule has 4 aromatic rings. The van der Waals surface area contributed by atoms with Crippen LogP contribution in [0, 0.1) is 13.8 Å². The summed E-state index contributed by atoms with van der Waals surface area (Å²) in [6, 6.07) is 22.3. The first-order valence-corrected chi connectivity index (χ1v) is 10.2. The fourth-order valence-corrected chi connectivity index (χ4v) is 5.63. The zero-order valence-corrected chi connectivity index (χ0v) is 16.9. The van der Waals surface area contributed by atoms with Gasteiger partial charge in [-0.25, -0.2) is 4.68 Å². The smallest absolute Gasteiger partial charge is 0.150 e. The Morgan fingerprint density at radius 1 is 0.929 bits per heavy atom. The van der Waals surface area contributed by atoms with E-state index in [2.05, 4.69) is 42.4 Å². The number of rotatable bonds is 2. The highest BCUT2D eigenvalue weighted by Gasteiger charge is 2.58. The van der Waals surface area contributed by atoms with E-state index in [1.165, 1.54) is 0 Å². The predicted octanol–water partition coefficient (Wildman–Crippen LogP) is 4.76. The number of aryl methyl sites for hydroxylation is 2. The molecule has 1 aliphatic heterocycles. The molecule has 28 heavy (non-hydrogen) atoms. The summed E-state index contributed by atoms with van der Waals surface area (Å²) in [7, 11) is 0. The van der Waals surface area contributed by atoms with Crippen LogP contribution < -0.4 is 0 Å². The molecule has 1 aromatic heterocycles. The third kappa shape index (κ3) is 2.23. The number of hydrogen-bond acceptors (Lipinski definition) is 4. The molecular formula is C23H21N3OS. The van der Waals surface area contributed by atoms with Crippen molar-refractivity contribution in [1.29, 1.82) is 0 Å². The zero-order chi connectivity index (χ0) is 19.5. The van der Waals surface area contributed by atoms with Crippen LogP contribution in [0.2, 0.25) is 0 Å². The van der Waals surface area contributed by atoms with Gasteiger partial charge in [0.15, 0.2) is 5.60 Å². The van der Waals surface area contributed by atoms with Crippen molar-refractivity contribution < 1.29 is 5.11 Å². The van der Waals surface area contributed by atoms with Gasteiger partial charge in [-0.1, -0.05) is 76.6 Å². The summed E-state index contributed by atoms with van der Waals surface area (Å²) in [5, 5.41) is 21.2. The van der Waals surface area contributed by atoms with Gasteiger partial charge in [0.25, 0.3) is 0 Å². The quantitative estimate of drug-likeness (QED) is 0.539. The zero-order valence-electron chi connectivity index (χ0n) is 16.0. The van der Waals surface area contributed by atoms with Crippen LogP contribution in [0.4, 0.5) is 0 Å². The Morgan fingerprint density at radius 3 is 2.43 bits per heavy atom. The topological polar surface area (TPSA) is 50.9 Å². The van der Waals surface area contributed by atoms with E-state index in [1.807, 2.05) is 60.1 Å². The molecule has 5 rings (SSSR count). The first kappa shape index (κ1) is 17.5. The minimum absolute atomic E-state index is 0.783. The minimum Gasteiger partial charge on any atom is -0.377 e. The van der Waals surface area contributed by atoms with Crippen LogP contribution in [0.3, 0.4) is 0 Å². The Bertz CT molecular complexity index is 1200. The molecule has 0 saturated carbocycles. The van der Waals surface area contributed by atoms with Crippen LogP contribution in [-0.4, -0.2) is 20.1 Å². The molecule has 4 nitrogen and oxygen atoms in total. The number of thioether (sulfide) groups is 1. The number of aliphatic hydroxyl groups is 1. The van der Waals surface area contributed by atoms with E-state index in [-0.39, 0.29) is 0 Å². The largest absolute Gasteiger partial charge is 0.377 e. The van der Waals surface area contributed by atoms with Crippen molar-refractivity contribution in [2.75, 3.05) is 0 Å². The second-order valence-corrected chi connectivity index (χ2v) is 9.09. The van der Waals surface area contributed by atoms with E-state index in [0.29, 0.717) is 0 Å². The minimum atomic E-state index is -1.25. The van der Waals surface area contributed by atoms with Crippen molar-refractivity contribution >= 4 is 22.8 Å². The van der Waals surface area contributed by atoms with Crippen LogP contribution >= 0.6 is 11.8 Å². The molecule has 0 aliphatic carbocycles. The molecule has 1 aliphatic rings. The standard InChI is InChI=1S/C23H21N3OS/c1-15-8-11-17(12-9-15)23(27)18-14-16(2)10-13-21(18)28-22(23,3)26-20-7-5-4-6-19(20)24-25-26/h4-14,27H,1-3H3/t22-,23+/m1/s1. The normalized spacial score (nSPS) is 23.9. The molecule has 1 N–H and O–H groups in total. The summed E-state index contributed by atoms with van der Waals surface area (Å²) in [6.45, 7) is 6.16. The van der Waals surface area contributed by atoms with E-state index in [1.54, 1.807) is 11.8 Å². The second kappa shape index (κ2) is 5.93. The Hall–Kier alpha value is -2.63. The first-order valence-electron chi connectivity index (χ1n) is 9.34. The molecule has 2 atom stereocenters. The highest BCUT2D eigenvalue weighted by molar-refractivity contribution is 8.00. The van der Waals surface area contributed by atoms with Gasteiger partial charge >= 0.3 is 0 Å². The Morgan fingerprint density at radius 2 is 1.64 bits per heavy atom. The van der Waals surface area contributed by atoms with Gasteiger partial charge in [-0.2, -0.15) is 0 Å². The number of para-hydroxylation sites is 1. The van der Waals surface area contributed by atoms with E-state index in [0.717, 1.165) is 38.2 Å². The molecule has 0 saturated heterocycles. The molecule has 0 amide bonds. The monoisotopic (exact) mass is 387 g/mol. The van der Waals surface area contributed by atoms with Gasteiger partial charge in [0.1, 0.15) is 10.4 Å². The van der Waals surface area contributed by atoms with Gasteiger partial charge in [-0.05, 0) is 44.5 Å². The summed E-state index contributed by atoms with van der Waals surface area (Å²) in [5.41, 5.74) is 4.55. The lowest BCUT2D eigenvalue weighted by atomic mass is 9.80. The lowest BCUT2D eigenvalue weighted by Crippen LogP contribution is -2.47. The third-order valence-electron chi connectivity index (χ3n) is 5.73. The molecule has 0 bridgehead atoms. The summed E-state index contributed by atoms with van der Waals surface area (Å²) < 4.78 is 1.88. The second-order valence-electron chi connectivity index (χ2n) is 7.65. The molecular weight excluding hydrogens is 366 g/mol. The van der Waals surface area contributed by atoms with Crippen molar-refractivity contribution in [2.45, 2.75) is 36.1 Å². The molecule has 3 aromatic carbocycles. The number of nitrogens with zero attached hydrogens (tertiary/aromatic N) is 3. The average Bonchev–Trinajstić information content (AvgIpc) is 3.22. The Kier molecular flexibility index (Phi) is 3.70. The Labute approximate surface area is 168 Å². The lowest BCUT2D eigenvalue weighted by Gasteiger charge is -2.39. The molecule has 2 heterocycles. The number of aromatic nitrogens is 3. The van der Waals surface area contributed by atoms with Gasteiger partial charge in [0.05, 0.1) is 5.52 Å². The number of hydrogen-bond donors (Lipinski definition) is 1. The maximum absolute atomic E-state index is 12.4. The molecule has 5 heteroatoms. The molecule has 0 spiro atoms. The average molecular weight is 388 g/mol. The molecule has 140 valence electrons. The summed E-state index contributed by atoms with van der Waals surface area (Å²) in [6.07, 6.45) is 0. The van der Waals surface area contributed by atoms with Gasteiger partial charge in [-0.3, -0.25) is 0 Å². The van der Waals surface area contributed by atoms with Crippen LogP contribution in [0.15, 0.2) is 71.6 Å². The first-order chi connectivity index (χ1) is 13.4. The summed E-state index contributed by atoms with van der Waals surface area (Å²) in [5.74, 6) is 0. The third-order valence-corrected chi connectivity index (χ3v) is 7.17. The number of benzene rings is 3. The summed E-state index contributed by atoms with van der Waals surface area (Å²) >= 11 is 1.64. The molecule has 0 unspecified atom stereocenters. The van der Waals surface area contributed by atoms with Gasteiger partial charge in [-0.15, -0.1) is 5.10 Å². The van der Waals surface area contributed by atoms with Gasteiger partial charge in [0, 0.05) is 10.5 Å². The van der Waals surface area contributed by atoms with E-state index >= 15 is 0 Å². The van der Waals surface area contributed by atoms with E-state index in [9.17, 15) is 5.11 Å². The molecule has 0 radical (unpaired) electrons. The van der Waals surface area contributed by atoms with Gasteiger partial charge in [0.2, 0.25) is 0 Å². The molecule has 0 fully saturated rings. The van der Waals surface area contributed by atoms with Crippen LogP contribution in [0.25, 0.3) is 11.0 Å². The maximum Gasteiger partial charge on any atom is 0.150 e. The van der Waals surface area contributed by atoms with Crippen LogP contribution in [0.1, 0.15) is 29.2 Å². The fraction of sp³-hybridized carbons (Fsp3) is 0.217. The van der Waals surface area contributed by atoms with Crippen LogP contribution in [0.5, 0.6) is 0 Å². The lowest BCUT2D eigenvalue weighted by molar-refractivity contribution is 0.0108. The van der Waals surface area contributed by atoms with Crippen molar-refractivity contribution in [3.8, 4) is 0 Å². The Balaban J connectivity index is 1.83. The van der Waals surface area contributed by atoms with Crippen molar-refractivity contribution in [3.05, 3.63) is 89.0 Å². The maximum atomic E-state index is 12.4. The number of fused-ring (bicyclic) bond motifs is 2. The van der Waals surface area contributed by atoms with E-state index < -0.39 is 10.5 Å². The fourth-order valence-electron chi connectivity index (χ4n) is 4.15. The highest BCUT2D eigenvalue weighted by atomic mass is 32.2. The highest BCUT2D eigenvalue weighted by Crippen LogP contribution is 2.61. The van der Waals surface area contributed by atoms with Gasteiger partial charge < -0.3 is 5.11 Å².